The Morgan fingerprint density at radius 2 is 1.81 bits per heavy atom. The molecule has 0 aromatic heterocycles. The van der Waals surface area contributed by atoms with E-state index in [4.69, 9.17) is 44.0 Å². The van der Waals surface area contributed by atoms with Crippen LogP contribution in [0.1, 0.15) is 12.8 Å². The molecule has 2 rings (SSSR count). The summed E-state index contributed by atoms with van der Waals surface area (Å²) in [6, 6.07) is 5.48. The van der Waals surface area contributed by atoms with Crippen molar-refractivity contribution < 1.29 is 22.5 Å². The van der Waals surface area contributed by atoms with Gasteiger partial charge in [0.2, 0.25) is 5.39 Å². The Labute approximate surface area is 141 Å². The summed E-state index contributed by atoms with van der Waals surface area (Å²) >= 11 is -2.21. The monoisotopic (exact) mass is 403 g/mol. The molecular formula is C12H16Cl3N3O2Zn. The van der Waals surface area contributed by atoms with Gasteiger partial charge in [-0.15, -0.1) is 0 Å². The molecule has 1 aliphatic heterocycles. The van der Waals surface area contributed by atoms with Gasteiger partial charge in [0.05, 0.1) is 18.9 Å². The maximum absolute atomic E-state index is 8.67. The van der Waals surface area contributed by atoms with Gasteiger partial charge in [0.25, 0.3) is 0 Å². The van der Waals surface area contributed by atoms with Crippen LogP contribution in [-0.4, -0.2) is 27.0 Å². The van der Waals surface area contributed by atoms with Crippen molar-refractivity contribution >= 4 is 47.2 Å². The summed E-state index contributed by atoms with van der Waals surface area (Å²) < 4.78 is 5.29. The molecular weight excluding hydrogens is 390 g/mol. The third kappa shape index (κ3) is 7.83. The molecule has 0 saturated carbocycles. The zero-order chi connectivity index (χ0) is 16.3. The van der Waals surface area contributed by atoms with E-state index >= 15 is 0 Å². The maximum atomic E-state index is 8.67. The predicted molar refractivity (Wildman–Crippen MR) is 83.9 cm³/mol. The molecule has 1 heterocycles. The first kappa shape index (κ1) is 20.4. The number of halogens is 3. The number of carbonyl (C=O) groups excluding carboxylic acids is 1. The summed E-state index contributed by atoms with van der Waals surface area (Å²) in [5.41, 5.74) is 1.61. The summed E-state index contributed by atoms with van der Waals surface area (Å²) in [5.74, 6) is 0.771. The predicted octanol–water partition coefficient (Wildman–Crippen LogP) is 4.66. The number of hydrogen-bond donors (Lipinski definition) is 0. The summed E-state index contributed by atoms with van der Waals surface area (Å²) in [6.45, 7) is 4.15. The molecule has 1 aliphatic rings. The molecule has 21 heavy (non-hydrogen) atoms. The normalized spacial score (nSPS) is 12.2. The third-order valence-electron chi connectivity index (χ3n) is 2.73. The second-order valence-corrected chi connectivity index (χ2v) is 17.8. The number of rotatable bonds is 2. The molecule has 0 spiro atoms. The first-order valence-corrected chi connectivity index (χ1v) is 17.9. The van der Waals surface area contributed by atoms with Crippen LogP contribution < -0.4 is 9.64 Å². The second kappa shape index (κ2) is 12.0. The Balaban J connectivity index is 0.000000579. The Morgan fingerprint density at radius 1 is 1.29 bits per heavy atom. The minimum atomic E-state index is -2.21. The van der Waals surface area contributed by atoms with Crippen LogP contribution in [0.2, 0.25) is 0 Å². The molecule has 5 nitrogen and oxygen atoms in total. The Hall–Kier alpha value is -0.597. The molecule has 1 aromatic rings. The number of ether oxygens (including phenoxy) is 1. The SMILES string of the molecule is C=O.COc1cc([N+]#N)ccc1N1CCCC1.[Cl][Zn-]([Cl])[Cl]. The minimum absolute atomic E-state index is 0.523. The number of nitrogens with zero attached hydrogens (tertiary/aromatic N) is 3. The van der Waals surface area contributed by atoms with Gasteiger partial charge in [0.1, 0.15) is 12.5 Å². The van der Waals surface area contributed by atoms with Crippen molar-refractivity contribution in [3.8, 4) is 5.75 Å². The van der Waals surface area contributed by atoms with Gasteiger partial charge in [-0.1, -0.05) is 0 Å². The van der Waals surface area contributed by atoms with E-state index in [0.29, 0.717) is 5.69 Å². The molecule has 0 amide bonds. The summed E-state index contributed by atoms with van der Waals surface area (Å²) in [5, 5.41) is 8.67. The van der Waals surface area contributed by atoms with Crippen LogP contribution in [0.25, 0.3) is 4.98 Å². The molecule has 1 aromatic carbocycles. The van der Waals surface area contributed by atoms with Crippen molar-refractivity contribution in [3.63, 3.8) is 0 Å². The summed E-state index contributed by atoms with van der Waals surface area (Å²) in [4.78, 5) is 13.4. The number of hydrogen-bond acceptors (Lipinski definition) is 4. The van der Waals surface area contributed by atoms with E-state index in [-0.39, 0.29) is 0 Å². The van der Waals surface area contributed by atoms with Gasteiger partial charge >= 0.3 is 47.7 Å². The fourth-order valence-corrected chi connectivity index (χ4v) is 1.95. The van der Waals surface area contributed by atoms with Crippen molar-refractivity contribution in [1.29, 1.82) is 5.39 Å². The molecule has 9 heteroatoms. The van der Waals surface area contributed by atoms with Gasteiger partial charge in [0, 0.05) is 19.2 Å². The van der Waals surface area contributed by atoms with Crippen molar-refractivity contribution in [2.75, 3.05) is 25.1 Å². The second-order valence-electron chi connectivity index (χ2n) is 3.95. The standard InChI is InChI=1S/C11H14N3O.CH2O.3ClH.Zn/c1-15-11-8-9(13-12)4-5-10(11)14-6-2-3-7-14;1-2;;;;/h4-5,8H,2-3,6-7H2,1H3;1H2;3*1H;/q+1;;;;;+2/p-3. The van der Waals surface area contributed by atoms with Crippen molar-refractivity contribution in [2.45, 2.75) is 12.8 Å². The molecule has 1 fully saturated rings. The van der Waals surface area contributed by atoms with Crippen molar-refractivity contribution in [3.05, 3.63) is 23.2 Å². The molecule has 0 N–H and O–H groups in total. The fraction of sp³-hybridized carbons (Fsp3) is 0.417. The quantitative estimate of drug-likeness (QED) is 0.530. The van der Waals surface area contributed by atoms with Gasteiger partial charge in [-0.3, -0.25) is 0 Å². The number of carbonyl (C=O) groups is 1. The average Bonchev–Trinajstić information content (AvgIpc) is 3.02. The van der Waals surface area contributed by atoms with Crippen LogP contribution >= 0.6 is 29.1 Å². The summed E-state index contributed by atoms with van der Waals surface area (Å²) in [6.07, 6.45) is 2.46. The van der Waals surface area contributed by atoms with Crippen LogP contribution in [0, 0.1) is 5.39 Å². The van der Waals surface area contributed by atoms with E-state index < -0.39 is 13.0 Å². The first-order chi connectivity index (χ1) is 10.1. The van der Waals surface area contributed by atoms with Crippen LogP contribution in [0.3, 0.4) is 0 Å². The van der Waals surface area contributed by atoms with Gasteiger partial charge in [-0.25, -0.2) is 0 Å². The van der Waals surface area contributed by atoms with Crippen LogP contribution in [-0.2, 0) is 17.8 Å². The van der Waals surface area contributed by atoms with Crippen molar-refractivity contribution in [1.82, 2.24) is 0 Å². The Kier molecular flexibility index (Phi) is 11.7. The molecule has 1 saturated heterocycles. The van der Waals surface area contributed by atoms with E-state index in [9.17, 15) is 0 Å². The molecule has 0 atom stereocenters. The van der Waals surface area contributed by atoms with Gasteiger partial charge in [-0.2, -0.15) is 0 Å². The number of diazo groups is 1. The van der Waals surface area contributed by atoms with Crippen molar-refractivity contribution in [2.24, 2.45) is 0 Å². The van der Waals surface area contributed by atoms with E-state index in [1.807, 2.05) is 12.9 Å². The molecule has 0 unspecified atom stereocenters. The molecule has 114 valence electrons. The van der Waals surface area contributed by atoms with Crippen LogP contribution in [0.5, 0.6) is 5.75 Å². The van der Waals surface area contributed by atoms with E-state index in [1.54, 1.807) is 19.2 Å². The molecule has 0 bridgehead atoms. The van der Waals surface area contributed by atoms with E-state index in [0.717, 1.165) is 24.5 Å². The zero-order valence-corrected chi connectivity index (χ0v) is 17.0. The van der Waals surface area contributed by atoms with Crippen LogP contribution in [0.15, 0.2) is 18.2 Å². The third-order valence-corrected chi connectivity index (χ3v) is 2.73. The topological polar surface area (TPSA) is 57.7 Å². The van der Waals surface area contributed by atoms with E-state index in [2.05, 4.69) is 9.88 Å². The first-order valence-electron chi connectivity index (χ1n) is 6.22. The van der Waals surface area contributed by atoms with Gasteiger partial charge < -0.3 is 14.4 Å². The van der Waals surface area contributed by atoms with E-state index in [1.165, 1.54) is 12.8 Å². The average molecular weight is 406 g/mol. The van der Waals surface area contributed by atoms with Gasteiger partial charge in [0.15, 0.2) is 4.98 Å². The zero-order valence-electron chi connectivity index (χ0n) is 11.8. The fourth-order valence-electron chi connectivity index (χ4n) is 1.95. The number of anilines is 1. The Morgan fingerprint density at radius 3 is 2.24 bits per heavy atom. The van der Waals surface area contributed by atoms with Gasteiger partial charge in [-0.05, 0) is 18.9 Å². The summed E-state index contributed by atoms with van der Waals surface area (Å²) in [7, 11) is 16.7. The number of benzene rings is 1. The number of methoxy groups -OCH3 is 1. The molecule has 0 radical (unpaired) electrons. The van der Waals surface area contributed by atoms with Crippen LogP contribution in [0.4, 0.5) is 11.4 Å². The molecule has 0 aliphatic carbocycles. The Bertz CT molecular complexity index is 463.